The molecule has 0 spiro atoms. The number of carbonyl (C=O) groups is 1. The maximum Gasteiger partial charge on any atom is 0.460 e. The number of aromatic amines is 1. The van der Waals surface area contributed by atoms with E-state index in [9.17, 15) is 70.7 Å². The number of aromatic nitrogens is 4. The lowest BCUT2D eigenvalue weighted by atomic mass is 9.91. The average Bonchev–Trinajstić information content (AvgIpc) is 3.34. The molecule has 0 saturated carbocycles. The van der Waals surface area contributed by atoms with E-state index < -0.39 is 54.2 Å². The van der Waals surface area contributed by atoms with Crippen LogP contribution in [-0.2, 0) is 11.2 Å². The fourth-order valence-corrected chi connectivity index (χ4v) is 3.18. The Morgan fingerprint density at radius 3 is 1.48 bits per heavy atom. The van der Waals surface area contributed by atoms with Crippen LogP contribution in [0.1, 0.15) is 57.2 Å². The van der Waals surface area contributed by atoms with Crippen LogP contribution in [0.3, 0.4) is 0 Å². The summed E-state index contributed by atoms with van der Waals surface area (Å²) < 4.78 is 197. The molecule has 0 radical (unpaired) electrons. The van der Waals surface area contributed by atoms with Gasteiger partial charge in [-0.15, -0.1) is 5.10 Å². The van der Waals surface area contributed by atoms with Crippen LogP contribution in [0.15, 0.2) is 0 Å². The molecule has 1 amide bonds. The third-order valence-electron chi connectivity index (χ3n) is 5.63. The number of hydrogen-bond acceptors (Lipinski definition) is 4. The number of halogens is 15. The molecule has 2 N–H and O–H groups in total. The number of hydrogen-bond donors (Lipinski definition) is 2. The van der Waals surface area contributed by atoms with Gasteiger partial charge in [0.1, 0.15) is 5.82 Å². The van der Waals surface area contributed by atoms with E-state index in [4.69, 9.17) is 0 Å². The van der Waals surface area contributed by atoms with Gasteiger partial charge in [0.05, 0.1) is 0 Å². The van der Waals surface area contributed by atoms with E-state index in [-0.39, 0.29) is 12.8 Å². The van der Waals surface area contributed by atoms with Crippen molar-refractivity contribution < 1.29 is 70.7 Å². The van der Waals surface area contributed by atoms with Crippen LogP contribution in [0.5, 0.6) is 0 Å². The number of aryl methyl sites for hydroxylation is 1. The molecule has 0 saturated heterocycles. The lowest BCUT2D eigenvalue weighted by Crippen LogP contribution is -2.74. The summed E-state index contributed by atoms with van der Waals surface area (Å²) in [6, 6.07) is 0. The van der Waals surface area contributed by atoms with Crippen LogP contribution in [0.4, 0.5) is 65.9 Å². The normalized spacial score (nSPS) is 14.5. The molecule has 1 aromatic heterocycles. The molecule has 0 aliphatic rings. The third-order valence-corrected chi connectivity index (χ3v) is 5.63. The highest BCUT2D eigenvalue weighted by Gasteiger charge is 2.94. The van der Waals surface area contributed by atoms with E-state index in [1.807, 2.05) is 0 Å². The van der Waals surface area contributed by atoms with Crippen molar-refractivity contribution in [1.29, 1.82) is 0 Å². The molecule has 1 rings (SSSR count). The Morgan fingerprint density at radius 2 is 1.02 bits per heavy atom. The standard InChI is InChI=1S/C19H22F15N5O/c20-13(21,12(40)35-10-8-6-4-2-1-3-5-7-9-11-36-38-39-37-11)14(22,23)15(24,25)16(26,27)17(28,29)18(30,31)19(32,33)34/h1-10H2,(H,35,40)(H,36,37,38,39). The van der Waals surface area contributed by atoms with Gasteiger partial charge in [0.25, 0.3) is 5.91 Å². The Bertz CT molecular complexity index is 935. The summed E-state index contributed by atoms with van der Waals surface area (Å²) in [5, 5.41) is 14.0. The molecule has 1 heterocycles. The Hall–Kier alpha value is -2.51. The van der Waals surface area contributed by atoms with Crippen molar-refractivity contribution in [3.8, 4) is 0 Å². The van der Waals surface area contributed by atoms with Crippen LogP contribution in [0.2, 0.25) is 0 Å². The van der Waals surface area contributed by atoms with Crippen molar-refractivity contribution in [1.82, 2.24) is 25.9 Å². The summed E-state index contributed by atoms with van der Waals surface area (Å²) in [4.78, 5) is 11.4. The van der Waals surface area contributed by atoms with E-state index in [2.05, 4.69) is 20.6 Å². The predicted octanol–water partition coefficient (Wildman–Crippen LogP) is 6.35. The number of amides is 1. The fraction of sp³-hybridized carbons (Fsp3) is 0.895. The lowest BCUT2D eigenvalue weighted by Gasteiger charge is -2.41. The molecule has 0 fully saturated rings. The van der Waals surface area contributed by atoms with Gasteiger partial charge in [-0.05, 0) is 23.3 Å². The molecule has 0 aliphatic heterocycles. The fourth-order valence-electron chi connectivity index (χ4n) is 3.18. The van der Waals surface area contributed by atoms with Crippen molar-refractivity contribution in [3.05, 3.63) is 5.82 Å². The summed E-state index contributed by atoms with van der Waals surface area (Å²) in [7, 11) is 0. The second-order valence-corrected chi connectivity index (χ2v) is 8.63. The SMILES string of the molecule is O=C(NCCCCCCCCCCc1nnn[nH]1)C(F)(F)C(F)(F)C(F)(F)C(F)(F)C(F)(F)C(F)(F)C(F)(F)F. The van der Waals surface area contributed by atoms with E-state index in [1.165, 1.54) is 0 Å². The maximum absolute atomic E-state index is 13.8. The number of carbonyl (C=O) groups excluding carboxylic acids is 1. The molecule has 0 aliphatic carbocycles. The van der Waals surface area contributed by atoms with Crippen LogP contribution in [-0.4, -0.2) is 74.8 Å². The minimum atomic E-state index is -8.42. The number of tetrazole rings is 1. The third kappa shape index (κ3) is 6.85. The van der Waals surface area contributed by atoms with Crippen molar-refractivity contribution in [2.45, 2.75) is 99.5 Å². The molecule has 21 heteroatoms. The number of nitrogens with zero attached hydrogens (tertiary/aromatic N) is 3. The quantitative estimate of drug-likeness (QED) is 0.157. The first-order valence-corrected chi connectivity index (χ1v) is 11.3. The van der Waals surface area contributed by atoms with Gasteiger partial charge >= 0.3 is 41.7 Å². The topological polar surface area (TPSA) is 83.6 Å². The second-order valence-electron chi connectivity index (χ2n) is 8.63. The molecule has 0 aromatic carbocycles. The first-order chi connectivity index (χ1) is 18.0. The van der Waals surface area contributed by atoms with Gasteiger partial charge < -0.3 is 5.32 Å². The summed E-state index contributed by atoms with van der Waals surface area (Å²) in [6.07, 6.45) is -2.99. The highest BCUT2D eigenvalue weighted by Crippen LogP contribution is 2.62. The Balaban J connectivity index is 2.64. The first kappa shape index (κ1) is 35.5. The summed E-state index contributed by atoms with van der Waals surface area (Å²) >= 11 is 0. The zero-order valence-corrected chi connectivity index (χ0v) is 20.0. The molecule has 0 unspecified atom stereocenters. The summed E-state index contributed by atoms with van der Waals surface area (Å²) in [5.74, 6) is -50.6. The van der Waals surface area contributed by atoms with Crippen molar-refractivity contribution in [2.24, 2.45) is 0 Å². The van der Waals surface area contributed by atoms with Gasteiger partial charge in [-0.3, -0.25) is 4.79 Å². The van der Waals surface area contributed by atoms with E-state index in [0.717, 1.165) is 24.6 Å². The highest BCUT2D eigenvalue weighted by molar-refractivity contribution is 5.84. The lowest BCUT2D eigenvalue weighted by molar-refractivity contribution is -0.449. The van der Waals surface area contributed by atoms with Gasteiger partial charge in [-0.2, -0.15) is 65.9 Å². The summed E-state index contributed by atoms with van der Waals surface area (Å²) in [5.41, 5.74) is 0. The van der Waals surface area contributed by atoms with Crippen molar-refractivity contribution in [3.63, 3.8) is 0 Å². The zero-order valence-electron chi connectivity index (χ0n) is 20.0. The molecule has 6 nitrogen and oxygen atoms in total. The van der Waals surface area contributed by atoms with Crippen LogP contribution < -0.4 is 5.32 Å². The number of alkyl halides is 15. The van der Waals surface area contributed by atoms with Crippen molar-refractivity contribution >= 4 is 5.91 Å². The van der Waals surface area contributed by atoms with Gasteiger partial charge in [-0.25, -0.2) is 5.10 Å². The van der Waals surface area contributed by atoms with Crippen LogP contribution in [0, 0.1) is 0 Å². The smallest absolute Gasteiger partial charge is 0.351 e. The Labute approximate surface area is 215 Å². The molecule has 0 bridgehead atoms. The number of rotatable bonds is 17. The number of unbranched alkanes of at least 4 members (excludes halogenated alkanes) is 7. The molecule has 0 atom stereocenters. The second kappa shape index (κ2) is 12.6. The first-order valence-electron chi connectivity index (χ1n) is 11.3. The average molecular weight is 621 g/mol. The van der Waals surface area contributed by atoms with Crippen molar-refractivity contribution in [2.75, 3.05) is 6.54 Å². The van der Waals surface area contributed by atoms with Gasteiger partial charge in [0, 0.05) is 13.0 Å². The monoisotopic (exact) mass is 621 g/mol. The molecule has 40 heavy (non-hydrogen) atoms. The minimum Gasteiger partial charge on any atom is -0.351 e. The highest BCUT2D eigenvalue weighted by atomic mass is 19.4. The van der Waals surface area contributed by atoms with Gasteiger partial charge in [-0.1, -0.05) is 38.5 Å². The Morgan fingerprint density at radius 1 is 0.600 bits per heavy atom. The number of nitrogens with one attached hydrogen (secondary N) is 2. The van der Waals surface area contributed by atoms with Gasteiger partial charge in [0.15, 0.2) is 0 Å². The molecular weight excluding hydrogens is 599 g/mol. The van der Waals surface area contributed by atoms with Gasteiger partial charge in [0.2, 0.25) is 0 Å². The minimum absolute atomic E-state index is 0.180. The van der Waals surface area contributed by atoms with E-state index in [1.54, 1.807) is 0 Å². The van der Waals surface area contributed by atoms with Crippen LogP contribution >= 0.6 is 0 Å². The van der Waals surface area contributed by atoms with E-state index in [0.29, 0.717) is 31.5 Å². The molecule has 1 aromatic rings. The largest absolute Gasteiger partial charge is 0.460 e. The van der Waals surface area contributed by atoms with Crippen LogP contribution in [0.25, 0.3) is 0 Å². The molecule has 234 valence electrons. The molecular formula is C19H22F15N5O. The van der Waals surface area contributed by atoms with E-state index >= 15 is 0 Å². The predicted molar refractivity (Wildman–Crippen MR) is 104 cm³/mol. The number of H-pyrrole nitrogens is 1. The zero-order chi connectivity index (χ0) is 31.3. The Kier molecular flexibility index (Phi) is 11.2. The maximum atomic E-state index is 13.8. The summed E-state index contributed by atoms with van der Waals surface area (Å²) in [6.45, 7) is -0.903.